The van der Waals surface area contributed by atoms with Crippen LogP contribution in [-0.2, 0) is 9.47 Å². The van der Waals surface area contributed by atoms with E-state index in [1.165, 1.54) is 0 Å². The first kappa shape index (κ1) is 14.1. The zero-order valence-corrected chi connectivity index (χ0v) is 13.0. The van der Waals surface area contributed by atoms with Crippen molar-refractivity contribution < 1.29 is 14.3 Å². The lowest BCUT2D eigenvalue weighted by molar-refractivity contribution is -0.157. The van der Waals surface area contributed by atoms with Crippen LogP contribution < -0.4 is 5.32 Å². The van der Waals surface area contributed by atoms with Crippen LogP contribution in [0.25, 0.3) is 10.2 Å². The number of rotatable bonds is 2. The van der Waals surface area contributed by atoms with Gasteiger partial charge in [0.05, 0.1) is 41.1 Å². The molecular formula is C16H18N2O3S. The lowest BCUT2D eigenvalue weighted by atomic mass is 9.89. The molecule has 2 aliphatic rings. The Kier molecular flexibility index (Phi) is 3.82. The molecule has 1 aliphatic heterocycles. The Morgan fingerprint density at radius 1 is 1.23 bits per heavy atom. The van der Waals surface area contributed by atoms with Crippen molar-refractivity contribution in [3.05, 3.63) is 29.3 Å². The lowest BCUT2D eigenvalue weighted by Crippen LogP contribution is -2.49. The van der Waals surface area contributed by atoms with E-state index in [4.69, 9.17) is 9.47 Å². The molecule has 2 aromatic rings. The number of ether oxygens (including phenoxy) is 2. The number of nitrogens with zero attached hydrogens (tertiary/aromatic N) is 1. The van der Waals surface area contributed by atoms with E-state index >= 15 is 0 Å². The SMILES string of the molecule is O=C(N[C@@H]1CC[C@@H]2OCCO[C@H]2C1)c1ccc2ncsc2c1. The Balaban J connectivity index is 1.43. The van der Waals surface area contributed by atoms with Crippen molar-refractivity contribution in [1.82, 2.24) is 10.3 Å². The number of thiazole rings is 1. The first-order valence-electron chi connectivity index (χ1n) is 7.67. The number of fused-ring (bicyclic) bond motifs is 2. The van der Waals surface area contributed by atoms with Crippen LogP contribution in [0.15, 0.2) is 23.7 Å². The van der Waals surface area contributed by atoms with Gasteiger partial charge >= 0.3 is 0 Å². The summed E-state index contributed by atoms with van der Waals surface area (Å²) in [6.45, 7) is 1.34. The third-order valence-corrected chi connectivity index (χ3v) is 5.20. The van der Waals surface area contributed by atoms with Crippen LogP contribution in [0.4, 0.5) is 0 Å². The van der Waals surface area contributed by atoms with E-state index in [-0.39, 0.29) is 24.2 Å². The molecule has 1 aromatic carbocycles. The molecule has 2 fully saturated rings. The predicted octanol–water partition coefficient (Wildman–Crippen LogP) is 2.36. The van der Waals surface area contributed by atoms with E-state index in [9.17, 15) is 4.79 Å². The van der Waals surface area contributed by atoms with Gasteiger partial charge in [-0.3, -0.25) is 4.79 Å². The van der Waals surface area contributed by atoms with Crippen LogP contribution in [0.5, 0.6) is 0 Å². The van der Waals surface area contributed by atoms with Gasteiger partial charge in [0.2, 0.25) is 0 Å². The fourth-order valence-corrected chi connectivity index (χ4v) is 3.98. The van der Waals surface area contributed by atoms with Crippen molar-refractivity contribution in [2.75, 3.05) is 13.2 Å². The maximum absolute atomic E-state index is 12.4. The summed E-state index contributed by atoms with van der Waals surface area (Å²) in [7, 11) is 0. The van der Waals surface area contributed by atoms with E-state index in [2.05, 4.69) is 10.3 Å². The number of carbonyl (C=O) groups excluding carboxylic acids is 1. The normalized spacial score (nSPS) is 28.3. The first-order chi connectivity index (χ1) is 10.8. The molecule has 1 aliphatic carbocycles. The summed E-state index contributed by atoms with van der Waals surface area (Å²) >= 11 is 1.55. The number of hydrogen-bond donors (Lipinski definition) is 1. The molecule has 22 heavy (non-hydrogen) atoms. The minimum atomic E-state index is -0.0181. The molecule has 2 heterocycles. The monoisotopic (exact) mass is 318 g/mol. The number of amides is 1. The van der Waals surface area contributed by atoms with E-state index in [0.29, 0.717) is 18.8 Å². The van der Waals surface area contributed by atoms with E-state index in [1.807, 2.05) is 18.2 Å². The molecule has 0 bridgehead atoms. The average Bonchev–Trinajstić information content (AvgIpc) is 3.02. The summed E-state index contributed by atoms with van der Waals surface area (Å²) in [5.41, 5.74) is 3.43. The maximum atomic E-state index is 12.4. The summed E-state index contributed by atoms with van der Waals surface area (Å²) in [5.74, 6) is -0.0181. The minimum absolute atomic E-state index is 0.0181. The van der Waals surface area contributed by atoms with E-state index < -0.39 is 0 Å². The van der Waals surface area contributed by atoms with Crippen molar-refractivity contribution in [1.29, 1.82) is 0 Å². The van der Waals surface area contributed by atoms with E-state index in [0.717, 1.165) is 29.5 Å². The van der Waals surface area contributed by atoms with Gasteiger partial charge in [0, 0.05) is 11.6 Å². The molecule has 5 nitrogen and oxygen atoms in total. The van der Waals surface area contributed by atoms with Crippen LogP contribution in [0.3, 0.4) is 0 Å². The number of nitrogens with one attached hydrogen (secondary N) is 1. The van der Waals surface area contributed by atoms with Gasteiger partial charge in [-0.05, 0) is 37.5 Å². The van der Waals surface area contributed by atoms with Gasteiger partial charge < -0.3 is 14.8 Å². The highest BCUT2D eigenvalue weighted by atomic mass is 32.1. The fraction of sp³-hybridized carbons (Fsp3) is 0.500. The molecule has 0 unspecified atom stereocenters. The second kappa shape index (κ2) is 5.95. The molecular weight excluding hydrogens is 300 g/mol. The summed E-state index contributed by atoms with van der Waals surface area (Å²) in [6, 6.07) is 5.81. The zero-order chi connectivity index (χ0) is 14.9. The molecule has 0 radical (unpaired) electrons. The van der Waals surface area contributed by atoms with Gasteiger partial charge in [-0.25, -0.2) is 4.98 Å². The predicted molar refractivity (Wildman–Crippen MR) is 84.2 cm³/mol. The molecule has 1 amide bonds. The topological polar surface area (TPSA) is 60.5 Å². The summed E-state index contributed by atoms with van der Waals surface area (Å²) in [4.78, 5) is 16.7. The summed E-state index contributed by atoms with van der Waals surface area (Å²) in [5, 5.41) is 3.13. The molecule has 1 saturated carbocycles. The second-order valence-electron chi connectivity index (χ2n) is 5.84. The summed E-state index contributed by atoms with van der Waals surface area (Å²) in [6.07, 6.45) is 3.05. The quantitative estimate of drug-likeness (QED) is 0.923. The average molecular weight is 318 g/mol. The zero-order valence-electron chi connectivity index (χ0n) is 12.2. The van der Waals surface area contributed by atoms with Gasteiger partial charge in [0.1, 0.15) is 0 Å². The minimum Gasteiger partial charge on any atom is -0.373 e. The maximum Gasteiger partial charge on any atom is 0.251 e. The van der Waals surface area contributed by atoms with Gasteiger partial charge in [-0.15, -0.1) is 11.3 Å². The molecule has 1 aromatic heterocycles. The van der Waals surface area contributed by atoms with E-state index in [1.54, 1.807) is 16.8 Å². The number of aromatic nitrogens is 1. The van der Waals surface area contributed by atoms with Crippen LogP contribution in [-0.4, -0.2) is 42.4 Å². The first-order valence-corrected chi connectivity index (χ1v) is 8.55. The fourth-order valence-electron chi connectivity index (χ4n) is 3.26. The highest BCUT2D eigenvalue weighted by Crippen LogP contribution is 2.27. The summed E-state index contributed by atoms with van der Waals surface area (Å²) < 4.78 is 12.5. The smallest absolute Gasteiger partial charge is 0.251 e. The third kappa shape index (κ3) is 2.74. The molecule has 3 atom stereocenters. The second-order valence-corrected chi connectivity index (χ2v) is 6.72. The molecule has 1 saturated heterocycles. The van der Waals surface area contributed by atoms with Crippen molar-refractivity contribution in [2.45, 2.75) is 37.5 Å². The van der Waals surface area contributed by atoms with Crippen LogP contribution >= 0.6 is 11.3 Å². The Bertz CT molecular complexity index is 687. The number of hydrogen-bond acceptors (Lipinski definition) is 5. The Morgan fingerprint density at radius 2 is 2.09 bits per heavy atom. The molecule has 116 valence electrons. The van der Waals surface area contributed by atoms with Gasteiger partial charge in [0.25, 0.3) is 5.91 Å². The molecule has 4 rings (SSSR count). The highest BCUT2D eigenvalue weighted by Gasteiger charge is 2.34. The number of benzene rings is 1. The molecule has 0 spiro atoms. The largest absolute Gasteiger partial charge is 0.373 e. The van der Waals surface area contributed by atoms with Crippen molar-refractivity contribution in [3.8, 4) is 0 Å². The molecule has 6 heteroatoms. The van der Waals surface area contributed by atoms with Gasteiger partial charge in [-0.1, -0.05) is 0 Å². The standard InChI is InChI=1S/C16H18N2O3S/c19-16(10-1-3-12-15(7-10)22-9-17-12)18-11-2-4-13-14(8-11)21-6-5-20-13/h1,3,7,9,11,13-14H,2,4-6,8H2,(H,18,19)/t11-,13+,14+/m1/s1. The highest BCUT2D eigenvalue weighted by molar-refractivity contribution is 7.16. The van der Waals surface area contributed by atoms with Gasteiger partial charge in [-0.2, -0.15) is 0 Å². The number of carbonyl (C=O) groups is 1. The van der Waals surface area contributed by atoms with Crippen molar-refractivity contribution in [3.63, 3.8) is 0 Å². The molecule has 1 N–H and O–H groups in total. The van der Waals surface area contributed by atoms with Crippen molar-refractivity contribution >= 4 is 27.5 Å². The lowest BCUT2D eigenvalue weighted by Gasteiger charge is -2.39. The Labute approximate surface area is 132 Å². The van der Waals surface area contributed by atoms with Crippen molar-refractivity contribution in [2.24, 2.45) is 0 Å². The Morgan fingerprint density at radius 3 is 3.00 bits per heavy atom. The Hall–Kier alpha value is -1.50. The third-order valence-electron chi connectivity index (χ3n) is 4.41. The van der Waals surface area contributed by atoms with Crippen LogP contribution in [0.1, 0.15) is 29.6 Å². The van der Waals surface area contributed by atoms with Crippen LogP contribution in [0, 0.1) is 0 Å². The van der Waals surface area contributed by atoms with Crippen LogP contribution in [0.2, 0.25) is 0 Å². The van der Waals surface area contributed by atoms with Gasteiger partial charge in [0.15, 0.2) is 0 Å².